The minimum atomic E-state index is -0.362. The zero-order valence-corrected chi connectivity index (χ0v) is 10.6. The van der Waals surface area contributed by atoms with Gasteiger partial charge in [0, 0.05) is 25.8 Å². The smallest absolute Gasteiger partial charge is 0.176 e. The maximum Gasteiger partial charge on any atom is 0.176 e. The molecule has 0 amide bonds. The predicted octanol–water partition coefficient (Wildman–Crippen LogP) is 2.12. The van der Waals surface area contributed by atoms with Crippen molar-refractivity contribution in [3.63, 3.8) is 0 Å². The van der Waals surface area contributed by atoms with Crippen molar-refractivity contribution in [2.24, 2.45) is 0 Å². The van der Waals surface area contributed by atoms with Gasteiger partial charge in [-0.1, -0.05) is 12.1 Å². The van der Waals surface area contributed by atoms with Crippen molar-refractivity contribution in [1.82, 2.24) is 4.90 Å². The number of carbonyl (C=O) groups is 1. The van der Waals surface area contributed by atoms with Gasteiger partial charge in [0.05, 0.1) is 12.6 Å². The molecule has 1 aromatic rings. The Morgan fingerprint density at radius 2 is 2.17 bits per heavy atom. The summed E-state index contributed by atoms with van der Waals surface area (Å²) in [5.74, 6) is -0.385. The van der Waals surface area contributed by atoms with E-state index in [0.29, 0.717) is 18.2 Å². The average molecular weight is 251 g/mol. The Hall–Kier alpha value is -1.26. The number of ether oxygens (including phenoxy) is 1. The highest BCUT2D eigenvalue weighted by atomic mass is 19.1. The molecule has 0 radical (unpaired) electrons. The lowest BCUT2D eigenvalue weighted by Gasteiger charge is -2.30. The van der Waals surface area contributed by atoms with Crippen LogP contribution in [0.4, 0.5) is 4.39 Å². The first-order valence-corrected chi connectivity index (χ1v) is 6.23. The fourth-order valence-corrected chi connectivity index (χ4v) is 2.26. The molecular formula is C14H18FNO2. The van der Waals surface area contributed by atoms with E-state index in [-0.39, 0.29) is 11.6 Å². The fraction of sp³-hybridized carbons (Fsp3) is 0.500. The van der Waals surface area contributed by atoms with E-state index in [1.807, 2.05) is 0 Å². The van der Waals surface area contributed by atoms with Crippen LogP contribution in [0.15, 0.2) is 24.3 Å². The zero-order valence-electron chi connectivity index (χ0n) is 10.6. The summed E-state index contributed by atoms with van der Waals surface area (Å²) in [5, 5.41) is 0. The lowest BCUT2D eigenvalue weighted by Crippen LogP contribution is -2.39. The van der Waals surface area contributed by atoms with E-state index >= 15 is 0 Å². The normalized spacial score (nSPS) is 17.9. The van der Waals surface area contributed by atoms with Crippen molar-refractivity contribution in [1.29, 1.82) is 0 Å². The van der Waals surface area contributed by atoms with Gasteiger partial charge in [0.15, 0.2) is 5.78 Å². The Morgan fingerprint density at radius 3 is 2.78 bits per heavy atom. The van der Waals surface area contributed by atoms with Gasteiger partial charge in [-0.05, 0) is 25.0 Å². The van der Waals surface area contributed by atoms with E-state index < -0.39 is 0 Å². The first-order chi connectivity index (χ1) is 8.69. The number of hydrogen-bond donors (Lipinski definition) is 0. The van der Waals surface area contributed by atoms with Crippen molar-refractivity contribution in [2.75, 3.05) is 26.7 Å². The highest BCUT2D eigenvalue weighted by molar-refractivity contribution is 5.97. The van der Waals surface area contributed by atoms with Crippen LogP contribution >= 0.6 is 0 Å². The Kier molecular flexibility index (Phi) is 4.44. The van der Waals surface area contributed by atoms with Gasteiger partial charge in [0.2, 0.25) is 0 Å². The first-order valence-electron chi connectivity index (χ1n) is 6.23. The number of carbonyl (C=O) groups excluding carboxylic acids is 1. The first kappa shape index (κ1) is 13.2. The number of likely N-dealkylation sites (tertiary alicyclic amines) is 1. The molecule has 0 spiro atoms. The molecule has 0 aliphatic carbocycles. The van der Waals surface area contributed by atoms with Crippen LogP contribution in [0.2, 0.25) is 0 Å². The third-order valence-corrected chi connectivity index (χ3v) is 3.38. The summed E-state index contributed by atoms with van der Waals surface area (Å²) in [6.45, 7) is 2.08. The van der Waals surface area contributed by atoms with Crippen LogP contribution in [0.5, 0.6) is 0 Å². The molecule has 1 aliphatic heterocycles. The van der Waals surface area contributed by atoms with Crippen molar-refractivity contribution >= 4 is 5.78 Å². The van der Waals surface area contributed by atoms with Gasteiger partial charge >= 0.3 is 0 Å². The number of benzene rings is 1. The van der Waals surface area contributed by atoms with Crippen LogP contribution in [-0.4, -0.2) is 43.5 Å². The molecule has 2 rings (SSSR count). The van der Waals surface area contributed by atoms with Gasteiger partial charge < -0.3 is 4.74 Å². The molecule has 0 N–H and O–H groups in total. The largest absolute Gasteiger partial charge is 0.381 e. The van der Waals surface area contributed by atoms with E-state index in [4.69, 9.17) is 4.74 Å². The maximum atomic E-state index is 13.0. The van der Waals surface area contributed by atoms with Crippen LogP contribution in [0.3, 0.4) is 0 Å². The molecule has 1 aromatic carbocycles. The quantitative estimate of drug-likeness (QED) is 0.768. The Bertz CT molecular complexity index is 414. The second kappa shape index (κ2) is 6.07. The van der Waals surface area contributed by atoms with Crippen LogP contribution in [0.25, 0.3) is 0 Å². The van der Waals surface area contributed by atoms with Crippen molar-refractivity contribution in [3.05, 3.63) is 35.6 Å². The third kappa shape index (κ3) is 3.37. The summed E-state index contributed by atoms with van der Waals surface area (Å²) in [4.78, 5) is 14.1. The molecule has 18 heavy (non-hydrogen) atoms. The Labute approximate surface area is 107 Å². The van der Waals surface area contributed by atoms with Gasteiger partial charge in [-0.25, -0.2) is 4.39 Å². The highest BCUT2D eigenvalue weighted by Crippen LogP contribution is 2.13. The van der Waals surface area contributed by atoms with E-state index in [1.54, 1.807) is 19.2 Å². The summed E-state index contributed by atoms with van der Waals surface area (Å²) in [6, 6.07) is 5.87. The minimum absolute atomic E-state index is 0.0228. The number of Topliss-reactive ketones (excluding diaryl/α,β-unsaturated/α-hetero) is 1. The number of piperidine rings is 1. The molecule has 1 aliphatic rings. The lowest BCUT2D eigenvalue weighted by atomic mass is 10.1. The molecule has 1 fully saturated rings. The molecule has 0 aromatic heterocycles. The number of methoxy groups -OCH3 is 1. The molecular weight excluding hydrogens is 233 g/mol. The van der Waals surface area contributed by atoms with Gasteiger partial charge in [-0.3, -0.25) is 9.69 Å². The summed E-state index contributed by atoms with van der Waals surface area (Å²) < 4.78 is 18.3. The third-order valence-electron chi connectivity index (χ3n) is 3.38. The summed E-state index contributed by atoms with van der Waals surface area (Å²) in [7, 11) is 1.72. The summed E-state index contributed by atoms with van der Waals surface area (Å²) >= 11 is 0. The van der Waals surface area contributed by atoms with E-state index in [0.717, 1.165) is 25.9 Å². The molecule has 98 valence electrons. The fourth-order valence-electron chi connectivity index (χ4n) is 2.26. The number of nitrogens with zero attached hydrogens (tertiary/aromatic N) is 1. The number of ketones is 1. The molecule has 1 heterocycles. The zero-order chi connectivity index (χ0) is 13.0. The van der Waals surface area contributed by atoms with Crippen molar-refractivity contribution in [2.45, 2.75) is 18.9 Å². The second-order valence-corrected chi connectivity index (χ2v) is 4.64. The van der Waals surface area contributed by atoms with Crippen LogP contribution < -0.4 is 0 Å². The lowest BCUT2D eigenvalue weighted by molar-refractivity contribution is 0.0401. The SMILES string of the molecule is COC1CCN(CC(=O)c2cccc(F)c2)CC1. The standard InChI is InChI=1S/C14H18FNO2/c1-18-13-5-7-16(8-6-13)10-14(17)11-3-2-4-12(15)9-11/h2-4,9,13H,5-8,10H2,1H3. The molecule has 1 saturated heterocycles. The van der Waals surface area contributed by atoms with Crippen LogP contribution in [0, 0.1) is 5.82 Å². The molecule has 3 nitrogen and oxygen atoms in total. The maximum absolute atomic E-state index is 13.0. The average Bonchev–Trinajstić information content (AvgIpc) is 2.39. The van der Waals surface area contributed by atoms with Gasteiger partial charge in [-0.15, -0.1) is 0 Å². The van der Waals surface area contributed by atoms with Crippen molar-refractivity contribution < 1.29 is 13.9 Å². The summed E-state index contributed by atoms with van der Waals surface area (Å²) in [5.41, 5.74) is 0.448. The van der Waals surface area contributed by atoms with Gasteiger partial charge in [0.1, 0.15) is 5.82 Å². The van der Waals surface area contributed by atoms with Crippen molar-refractivity contribution in [3.8, 4) is 0 Å². The van der Waals surface area contributed by atoms with E-state index in [1.165, 1.54) is 12.1 Å². The van der Waals surface area contributed by atoms with Gasteiger partial charge in [0.25, 0.3) is 0 Å². The summed E-state index contributed by atoms with van der Waals surface area (Å²) in [6.07, 6.45) is 2.21. The van der Waals surface area contributed by atoms with E-state index in [9.17, 15) is 9.18 Å². The molecule has 0 bridgehead atoms. The second-order valence-electron chi connectivity index (χ2n) is 4.64. The number of rotatable bonds is 4. The monoisotopic (exact) mass is 251 g/mol. The molecule has 0 atom stereocenters. The predicted molar refractivity (Wildman–Crippen MR) is 67.2 cm³/mol. The topological polar surface area (TPSA) is 29.5 Å². The molecule has 0 unspecified atom stereocenters. The van der Waals surface area contributed by atoms with Gasteiger partial charge in [-0.2, -0.15) is 0 Å². The highest BCUT2D eigenvalue weighted by Gasteiger charge is 2.20. The molecule has 4 heteroatoms. The van der Waals surface area contributed by atoms with Crippen LogP contribution in [-0.2, 0) is 4.74 Å². The van der Waals surface area contributed by atoms with Crippen LogP contribution in [0.1, 0.15) is 23.2 Å². The minimum Gasteiger partial charge on any atom is -0.381 e. The Morgan fingerprint density at radius 1 is 1.44 bits per heavy atom. The Balaban J connectivity index is 1.89. The number of hydrogen-bond acceptors (Lipinski definition) is 3. The molecule has 0 saturated carbocycles. The van der Waals surface area contributed by atoms with E-state index in [2.05, 4.69) is 4.90 Å². The number of halogens is 1.